The molecule has 0 spiro atoms. The van der Waals surface area contributed by atoms with Gasteiger partial charge in [-0.2, -0.15) is 13.2 Å². The molecule has 1 amide bonds. The number of piperazine rings is 1. The third-order valence-corrected chi connectivity index (χ3v) is 6.96. The van der Waals surface area contributed by atoms with Gasteiger partial charge in [-0.25, -0.2) is 8.42 Å². The van der Waals surface area contributed by atoms with E-state index < -0.39 is 21.9 Å². The maximum atomic E-state index is 12.9. The van der Waals surface area contributed by atoms with Crippen molar-refractivity contribution in [2.75, 3.05) is 31.1 Å². The van der Waals surface area contributed by atoms with Crippen LogP contribution in [0, 0.1) is 0 Å². The average Bonchev–Trinajstić information content (AvgIpc) is 2.66. The lowest BCUT2D eigenvalue weighted by atomic mass is 10.2. The summed E-state index contributed by atoms with van der Waals surface area (Å²) in [4.78, 5) is 13.7. The lowest BCUT2D eigenvalue weighted by Gasteiger charge is -2.36. The van der Waals surface area contributed by atoms with E-state index >= 15 is 0 Å². The second-order valence-electron chi connectivity index (χ2n) is 6.35. The first-order valence-electron chi connectivity index (χ1n) is 8.41. The van der Waals surface area contributed by atoms with Gasteiger partial charge in [0.1, 0.15) is 0 Å². The lowest BCUT2D eigenvalue weighted by molar-refractivity contribution is -0.185. The number of benzene rings is 2. The Morgan fingerprint density at radius 3 is 2.21 bits per heavy atom. The zero-order chi connectivity index (χ0) is 21.4. The quantitative estimate of drug-likeness (QED) is 0.684. The summed E-state index contributed by atoms with van der Waals surface area (Å²) in [6.45, 7) is 0.0662. The minimum absolute atomic E-state index is 0.00646. The van der Waals surface area contributed by atoms with Crippen LogP contribution >= 0.6 is 23.2 Å². The molecule has 2 aromatic carbocycles. The summed E-state index contributed by atoms with van der Waals surface area (Å²) in [7, 11) is -3.92. The molecule has 2 aromatic rings. The van der Waals surface area contributed by atoms with Crippen molar-refractivity contribution in [2.24, 2.45) is 0 Å². The third kappa shape index (κ3) is 4.62. The van der Waals surface area contributed by atoms with Crippen LogP contribution in [-0.4, -0.2) is 51.6 Å². The van der Waals surface area contributed by atoms with E-state index in [1.54, 1.807) is 17.0 Å². The highest BCUT2D eigenvalue weighted by atomic mass is 35.5. The molecule has 5 nitrogen and oxygen atoms in total. The summed E-state index contributed by atoms with van der Waals surface area (Å²) in [5.41, 5.74) is 0.523. The molecule has 29 heavy (non-hydrogen) atoms. The van der Waals surface area contributed by atoms with Crippen LogP contribution in [0.25, 0.3) is 0 Å². The zero-order valence-corrected chi connectivity index (χ0v) is 17.1. The van der Waals surface area contributed by atoms with Crippen molar-refractivity contribution in [1.29, 1.82) is 0 Å². The van der Waals surface area contributed by atoms with Gasteiger partial charge in [0.25, 0.3) is 0 Å². The van der Waals surface area contributed by atoms with Crippen LogP contribution < -0.4 is 4.90 Å². The third-order valence-electron chi connectivity index (χ3n) is 4.49. The predicted octanol–water partition coefficient (Wildman–Crippen LogP) is 4.04. The number of anilines is 1. The number of sulfone groups is 1. The van der Waals surface area contributed by atoms with Gasteiger partial charge in [0.05, 0.1) is 14.8 Å². The number of halogens is 5. The summed E-state index contributed by atoms with van der Waals surface area (Å²) in [5, 5.41) is 0.288. The topological polar surface area (TPSA) is 57.7 Å². The maximum absolute atomic E-state index is 12.9. The Bertz CT molecular complexity index is 1040. The van der Waals surface area contributed by atoms with E-state index in [2.05, 4.69) is 0 Å². The van der Waals surface area contributed by atoms with Crippen molar-refractivity contribution in [1.82, 2.24) is 4.90 Å². The first kappa shape index (κ1) is 21.7. The summed E-state index contributed by atoms with van der Waals surface area (Å²) in [5.74, 6) is -1.87. The van der Waals surface area contributed by atoms with E-state index in [0.29, 0.717) is 10.7 Å². The van der Waals surface area contributed by atoms with Gasteiger partial charge >= 0.3 is 12.1 Å². The molecule has 0 unspecified atom stereocenters. The van der Waals surface area contributed by atoms with Crippen molar-refractivity contribution in [3.05, 3.63) is 52.5 Å². The van der Waals surface area contributed by atoms with Gasteiger partial charge in [0.2, 0.25) is 9.84 Å². The van der Waals surface area contributed by atoms with Crippen LogP contribution in [0.5, 0.6) is 0 Å². The van der Waals surface area contributed by atoms with Crippen LogP contribution in [-0.2, 0) is 14.6 Å². The van der Waals surface area contributed by atoms with E-state index in [1.807, 2.05) is 0 Å². The fraction of sp³-hybridized carbons (Fsp3) is 0.278. The summed E-state index contributed by atoms with van der Waals surface area (Å²) in [6, 6.07) is 10.1. The molecule has 156 valence electrons. The molecule has 1 aliphatic rings. The maximum Gasteiger partial charge on any atom is 0.471 e. The standard InChI is InChI=1S/C18H15Cl2F3N2O3S/c19-12-4-5-16(15(20)10-12)29(27,28)14-3-1-2-13(11-14)24-6-8-25(9-7-24)17(26)18(21,22)23/h1-5,10-11H,6-9H2. The van der Waals surface area contributed by atoms with Gasteiger partial charge in [-0.05, 0) is 36.4 Å². The smallest absolute Gasteiger partial charge is 0.368 e. The summed E-state index contributed by atoms with van der Waals surface area (Å²) >= 11 is 11.8. The number of alkyl halides is 3. The molecule has 0 bridgehead atoms. The van der Waals surface area contributed by atoms with E-state index in [4.69, 9.17) is 23.2 Å². The first-order valence-corrected chi connectivity index (χ1v) is 10.7. The molecule has 11 heteroatoms. The Balaban J connectivity index is 1.81. The van der Waals surface area contributed by atoms with E-state index in [1.165, 1.54) is 30.3 Å². The SMILES string of the molecule is O=C(N1CCN(c2cccc(S(=O)(=O)c3ccc(Cl)cc3Cl)c2)CC1)C(F)(F)F. The van der Waals surface area contributed by atoms with Crippen molar-refractivity contribution < 1.29 is 26.4 Å². The molecule has 0 atom stereocenters. The molecular formula is C18H15Cl2F3N2O3S. The summed E-state index contributed by atoms with van der Waals surface area (Å²) < 4.78 is 63.6. The predicted molar refractivity (Wildman–Crippen MR) is 103 cm³/mol. The Labute approximate surface area is 175 Å². The van der Waals surface area contributed by atoms with E-state index in [-0.39, 0.29) is 41.0 Å². The van der Waals surface area contributed by atoms with Gasteiger partial charge in [0.15, 0.2) is 0 Å². The Kier molecular flexibility index (Phi) is 6.03. The van der Waals surface area contributed by atoms with Crippen molar-refractivity contribution in [2.45, 2.75) is 16.0 Å². The number of hydrogen-bond donors (Lipinski definition) is 0. The minimum atomic E-state index is -4.91. The number of nitrogens with zero attached hydrogens (tertiary/aromatic N) is 2. The molecule has 1 heterocycles. The molecule has 0 aromatic heterocycles. The number of rotatable bonds is 3. The second-order valence-corrected chi connectivity index (χ2v) is 9.11. The van der Waals surface area contributed by atoms with Gasteiger partial charge in [-0.1, -0.05) is 29.3 Å². The molecule has 0 N–H and O–H groups in total. The van der Waals surface area contributed by atoms with E-state index in [9.17, 15) is 26.4 Å². The van der Waals surface area contributed by atoms with Crippen molar-refractivity contribution in [3.63, 3.8) is 0 Å². The number of hydrogen-bond acceptors (Lipinski definition) is 4. The Hall–Kier alpha value is -1.97. The monoisotopic (exact) mass is 466 g/mol. The van der Waals surface area contributed by atoms with Gasteiger partial charge < -0.3 is 9.80 Å². The summed E-state index contributed by atoms with van der Waals surface area (Å²) in [6.07, 6.45) is -4.91. The fourth-order valence-electron chi connectivity index (χ4n) is 3.01. The highest BCUT2D eigenvalue weighted by Crippen LogP contribution is 2.31. The largest absolute Gasteiger partial charge is 0.471 e. The minimum Gasteiger partial charge on any atom is -0.368 e. The van der Waals surface area contributed by atoms with Crippen LogP contribution in [0.1, 0.15) is 0 Å². The van der Waals surface area contributed by atoms with Crippen LogP contribution in [0.3, 0.4) is 0 Å². The zero-order valence-electron chi connectivity index (χ0n) is 14.8. The Morgan fingerprint density at radius 1 is 0.966 bits per heavy atom. The lowest BCUT2D eigenvalue weighted by Crippen LogP contribution is -2.52. The van der Waals surface area contributed by atoms with Crippen LogP contribution in [0.2, 0.25) is 10.0 Å². The van der Waals surface area contributed by atoms with Crippen LogP contribution in [0.15, 0.2) is 52.3 Å². The molecule has 0 radical (unpaired) electrons. The van der Waals surface area contributed by atoms with Crippen molar-refractivity contribution in [3.8, 4) is 0 Å². The van der Waals surface area contributed by atoms with Crippen LogP contribution in [0.4, 0.5) is 18.9 Å². The highest BCUT2D eigenvalue weighted by Gasteiger charge is 2.43. The van der Waals surface area contributed by atoms with Crippen molar-refractivity contribution >= 4 is 44.6 Å². The second kappa shape index (κ2) is 8.04. The molecule has 0 aliphatic carbocycles. The van der Waals surface area contributed by atoms with Gasteiger partial charge in [0, 0.05) is 36.9 Å². The molecule has 0 saturated carbocycles. The molecule has 1 fully saturated rings. The Morgan fingerprint density at radius 2 is 1.62 bits per heavy atom. The highest BCUT2D eigenvalue weighted by molar-refractivity contribution is 7.91. The first-order chi connectivity index (χ1) is 13.5. The normalized spacial score (nSPS) is 15.5. The van der Waals surface area contributed by atoms with Gasteiger partial charge in [-0.3, -0.25) is 4.79 Å². The number of amides is 1. The average molecular weight is 467 g/mol. The van der Waals surface area contributed by atoms with Gasteiger partial charge in [-0.15, -0.1) is 0 Å². The van der Waals surface area contributed by atoms with E-state index in [0.717, 1.165) is 4.90 Å². The number of carbonyl (C=O) groups is 1. The fourth-order valence-corrected chi connectivity index (χ4v) is 5.08. The molecular weight excluding hydrogens is 452 g/mol. The molecule has 1 saturated heterocycles. The molecule has 3 rings (SSSR count). The molecule has 1 aliphatic heterocycles. The number of carbonyl (C=O) groups excluding carboxylic acids is 1.